The number of ether oxygens (including phenoxy) is 1. The molecule has 0 amide bonds. The minimum absolute atomic E-state index is 0.0451. The molecule has 1 atom stereocenters. The van der Waals surface area contributed by atoms with Gasteiger partial charge in [-0.05, 0) is 65.2 Å². The van der Waals surface area contributed by atoms with Crippen molar-refractivity contribution in [2.24, 2.45) is 0 Å². The van der Waals surface area contributed by atoms with Gasteiger partial charge >= 0.3 is 6.61 Å². The van der Waals surface area contributed by atoms with Crippen molar-refractivity contribution in [3.8, 4) is 5.75 Å². The zero-order chi connectivity index (χ0) is 15.4. The first kappa shape index (κ1) is 15.8. The van der Waals surface area contributed by atoms with Crippen molar-refractivity contribution in [1.82, 2.24) is 0 Å². The van der Waals surface area contributed by atoms with Crippen LogP contribution in [-0.4, -0.2) is 6.61 Å². The van der Waals surface area contributed by atoms with Gasteiger partial charge in [-0.25, -0.2) is 0 Å². The standard InChI is InChI=1S/C16H16BrF2NO/c1-10-3-8-14(17)15(9-10)20-11(2)12-4-6-13(7-5-12)21-16(18)19/h3-9,11,16,20H,1-2H3. The Morgan fingerprint density at radius 1 is 1.10 bits per heavy atom. The van der Waals surface area contributed by atoms with Gasteiger partial charge in [0.25, 0.3) is 0 Å². The van der Waals surface area contributed by atoms with Gasteiger partial charge < -0.3 is 10.1 Å². The number of rotatable bonds is 5. The molecule has 0 bridgehead atoms. The molecule has 0 aliphatic heterocycles. The summed E-state index contributed by atoms with van der Waals surface area (Å²) in [5, 5.41) is 3.39. The fourth-order valence-corrected chi connectivity index (χ4v) is 2.37. The molecular weight excluding hydrogens is 340 g/mol. The number of hydrogen-bond acceptors (Lipinski definition) is 2. The third-order valence-electron chi connectivity index (χ3n) is 3.10. The molecule has 1 unspecified atom stereocenters. The van der Waals surface area contributed by atoms with E-state index in [9.17, 15) is 8.78 Å². The van der Waals surface area contributed by atoms with Crippen LogP contribution in [0.2, 0.25) is 0 Å². The molecule has 0 heterocycles. The molecular formula is C16H16BrF2NO. The molecule has 5 heteroatoms. The summed E-state index contributed by atoms with van der Waals surface area (Å²) in [4.78, 5) is 0. The smallest absolute Gasteiger partial charge is 0.387 e. The molecule has 0 saturated heterocycles. The average Bonchev–Trinajstić information content (AvgIpc) is 2.43. The Labute approximate surface area is 131 Å². The van der Waals surface area contributed by atoms with Crippen molar-refractivity contribution in [3.63, 3.8) is 0 Å². The summed E-state index contributed by atoms with van der Waals surface area (Å²) in [5.74, 6) is 0.165. The fraction of sp³-hybridized carbons (Fsp3) is 0.250. The molecule has 21 heavy (non-hydrogen) atoms. The minimum Gasteiger partial charge on any atom is -0.435 e. The monoisotopic (exact) mass is 355 g/mol. The lowest BCUT2D eigenvalue weighted by Gasteiger charge is -2.18. The summed E-state index contributed by atoms with van der Waals surface area (Å²) in [7, 11) is 0. The van der Waals surface area contributed by atoms with Gasteiger partial charge in [-0.2, -0.15) is 8.78 Å². The van der Waals surface area contributed by atoms with Crippen molar-refractivity contribution in [2.75, 3.05) is 5.32 Å². The van der Waals surface area contributed by atoms with Gasteiger partial charge in [0, 0.05) is 16.2 Å². The van der Waals surface area contributed by atoms with Crippen LogP contribution in [0.25, 0.3) is 0 Å². The van der Waals surface area contributed by atoms with Crippen LogP contribution in [0.4, 0.5) is 14.5 Å². The molecule has 2 aromatic carbocycles. The molecule has 0 aliphatic carbocycles. The van der Waals surface area contributed by atoms with Gasteiger partial charge in [0.2, 0.25) is 0 Å². The van der Waals surface area contributed by atoms with E-state index in [1.165, 1.54) is 0 Å². The van der Waals surface area contributed by atoms with Gasteiger partial charge in [-0.15, -0.1) is 0 Å². The van der Waals surface area contributed by atoms with Crippen LogP contribution in [0, 0.1) is 6.92 Å². The quantitative estimate of drug-likeness (QED) is 0.760. The van der Waals surface area contributed by atoms with Crippen molar-refractivity contribution < 1.29 is 13.5 Å². The van der Waals surface area contributed by atoms with Crippen LogP contribution >= 0.6 is 15.9 Å². The average molecular weight is 356 g/mol. The Morgan fingerprint density at radius 3 is 2.38 bits per heavy atom. The summed E-state index contributed by atoms with van der Waals surface area (Å²) >= 11 is 3.50. The Bertz CT molecular complexity index is 602. The number of nitrogens with one attached hydrogen (secondary N) is 1. The second kappa shape index (κ2) is 6.89. The predicted octanol–water partition coefficient (Wildman–Crippen LogP) is 5.53. The normalized spacial score (nSPS) is 12.3. The summed E-state index contributed by atoms with van der Waals surface area (Å²) in [6.45, 7) is 1.24. The first-order valence-electron chi connectivity index (χ1n) is 6.53. The van der Waals surface area contributed by atoms with E-state index in [0.29, 0.717) is 0 Å². The Kier molecular flexibility index (Phi) is 5.17. The van der Waals surface area contributed by atoms with E-state index in [4.69, 9.17) is 0 Å². The lowest BCUT2D eigenvalue weighted by atomic mass is 10.1. The van der Waals surface area contributed by atoms with Crippen LogP contribution < -0.4 is 10.1 Å². The van der Waals surface area contributed by atoms with E-state index in [-0.39, 0.29) is 11.8 Å². The highest BCUT2D eigenvalue weighted by atomic mass is 79.9. The van der Waals surface area contributed by atoms with E-state index in [1.54, 1.807) is 24.3 Å². The van der Waals surface area contributed by atoms with Gasteiger partial charge in [-0.3, -0.25) is 0 Å². The van der Waals surface area contributed by atoms with E-state index >= 15 is 0 Å². The van der Waals surface area contributed by atoms with Crippen LogP contribution in [0.5, 0.6) is 5.75 Å². The maximum absolute atomic E-state index is 12.1. The van der Waals surface area contributed by atoms with Gasteiger partial charge in [0.05, 0.1) is 0 Å². The number of halogens is 3. The molecule has 0 fully saturated rings. The molecule has 0 radical (unpaired) electrons. The van der Waals surface area contributed by atoms with E-state index in [0.717, 1.165) is 21.3 Å². The topological polar surface area (TPSA) is 21.3 Å². The van der Waals surface area contributed by atoms with Gasteiger partial charge in [-0.1, -0.05) is 18.2 Å². The zero-order valence-electron chi connectivity index (χ0n) is 11.7. The first-order chi connectivity index (χ1) is 9.95. The van der Waals surface area contributed by atoms with E-state index in [1.807, 2.05) is 26.0 Å². The third-order valence-corrected chi connectivity index (χ3v) is 3.79. The number of alkyl halides is 2. The van der Waals surface area contributed by atoms with Crippen LogP contribution in [-0.2, 0) is 0 Å². The van der Waals surface area contributed by atoms with Crippen molar-refractivity contribution in [2.45, 2.75) is 26.5 Å². The lowest BCUT2D eigenvalue weighted by molar-refractivity contribution is -0.0498. The first-order valence-corrected chi connectivity index (χ1v) is 7.32. The lowest BCUT2D eigenvalue weighted by Crippen LogP contribution is -2.07. The number of anilines is 1. The zero-order valence-corrected chi connectivity index (χ0v) is 13.3. The highest BCUT2D eigenvalue weighted by molar-refractivity contribution is 9.10. The summed E-state index contributed by atoms with van der Waals surface area (Å²) in [6, 6.07) is 12.8. The highest BCUT2D eigenvalue weighted by Crippen LogP contribution is 2.28. The van der Waals surface area contributed by atoms with Crippen molar-refractivity contribution >= 4 is 21.6 Å². The third kappa shape index (κ3) is 4.43. The second-order valence-electron chi connectivity index (χ2n) is 4.80. The molecule has 0 aromatic heterocycles. The van der Waals surface area contributed by atoms with Gasteiger partial charge in [0.1, 0.15) is 5.75 Å². The van der Waals surface area contributed by atoms with E-state index in [2.05, 4.69) is 32.0 Å². The molecule has 2 rings (SSSR count). The Balaban J connectivity index is 2.09. The maximum Gasteiger partial charge on any atom is 0.387 e. The molecule has 2 aromatic rings. The maximum atomic E-state index is 12.1. The van der Waals surface area contributed by atoms with E-state index < -0.39 is 6.61 Å². The van der Waals surface area contributed by atoms with Crippen LogP contribution in [0.15, 0.2) is 46.9 Å². The SMILES string of the molecule is Cc1ccc(Br)c(NC(C)c2ccc(OC(F)F)cc2)c1. The molecule has 0 aliphatic rings. The largest absolute Gasteiger partial charge is 0.435 e. The van der Waals surface area contributed by atoms with Crippen LogP contribution in [0.3, 0.4) is 0 Å². The highest BCUT2D eigenvalue weighted by Gasteiger charge is 2.09. The molecule has 112 valence electrons. The summed E-state index contributed by atoms with van der Waals surface area (Å²) in [6.07, 6.45) is 0. The number of benzene rings is 2. The fourth-order valence-electron chi connectivity index (χ4n) is 2.00. The minimum atomic E-state index is -2.80. The second-order valence-corrected chi connectivity index (χ2v) is 5.65. The molecule has 2 nitrogen and oxygen atoms in total. The number of hydrogen-bond donors (Lipinski definition) is 1. The Hall–Kier alpha value is -1.62. The Morgan fingerprint density at radius 2 is 1.76 bits per heavy atom. The summed E-state index contributed by atoms with van der Waals surface area (Å²) < 4.78 is 29.5. The van der Waals surface area contributed by atoms with Crippen molar-refractivity contribution in [1.29, 1.82) is 0 Å². The molecule has 0 spiro atoms. The van der Waals surface area contributed by atoms with Crippen LogP contribution in [0.1, 0.15) is 24.1 Å². The van der Waals surface area contributed by atoms with Gasteiger partial charge in [0.15, 0.2) is 0 Å². The molecule has 1 N–H and O–H groups in total. The summed E-state index contributed by atoms with van der Waals surface area (Å²) in [5.41, 5.74) is 3.15. The predicted molar refractivity (Wildman–Crippen MR) is 84.0 cm³/mol. The molecule has 0 saturated carbocycles. The van der Waals surface area contributed by atoms with Crippen molar-refractivity contribution in [3.05, 3.63) is 58.1 Å². The number of aryl methyl sites for hydroxylation is 1.